The van der Waals surface area contributed by atoms with Crippen LogP contribution in [0.1, 0.15) is 69.4 Å². The molecule has 0 N–H and O–H groups in total. The van der Waals surface area contributed by atoms with Gasteiger partial charge >= 0.3 is 0 Å². The van der Waals surface area contributed by atoms with Gasteiger partial charge in [0.15, 0.2) is 11.3 Å². The van der Waals surface area contributed by atoms with Crippen molar-refractivity contribution in [1.29, 1.82) is 0 Å². The summed E-state index contributed by atoms with van der Waals surface area (Å²) in [4.78, 5) is 13.1. The highest BCUT2D eigenvalue weighted by Crippen LogP contribution is 2.20. The molecule has 3 aromatic rings. The number of thioether (sulfide) groups is 1. The third-order valence-electron chi connectivity index (χ3n) is 6.42. The van der Waals surface area contributed by atoms with E-state index >= 15 is 0 Å². The van der Waals surface area contributed by atoms with Crippen LogP contribution >= 0.6 is 11.8 Å². The number of hydrogen-bond donors (Lipinski definition) is 0. The third kappa shape index (κ3) is 9.18. The van der Waals surface area contributed by atoms with Crippen molar-refractivity contribution >= 4 is 45.6 Å². The molecule has 0 aliphatic rings. The minimum Gasteiger partial charge on any atom is -0.378 e. The van der Waals surface area contributed by atoms with Crippen LogP contribution in [0.5, 0.6) is 0 Å². The summed E-state index contributed by atoms with van der Waals surface area (Å²) >= 11 is 1.46. The van der Waals surface area contributed by atoms with Crippen molar-refractivity contribution in [3.63, 3.8) is 0 Å². The molecule has 35 heavy (non-hydrogen) atoms. The number of pyridine rings is 1. The summed E-state index contributed by atoms with van der Waals surface area (Å²) < 4.78 is 2.41. The molecule has 0 bridgehead atoms. The Bertz CT molecular complexity index is 1090. The normalized spacial score (nSPS) is 11.4. The molecule has 3 rings (SSSR count). The first kappa shape index (κ1) is 27.0. The maximum atomic E-state index is 10.9. The number of carbonyl (C=O) groups excluding carboxylic acids is 1. The van der Waals surface area contributed by atoms with E-state index in [9.17, 15) is 4.79 Å². The topological polar surface area (TPSA) is 24.2 Å². The fraction of sp³-hybridized carbons (Fsp3) is 0.419. The monoisotopic (exact) mass is 489 g/mol. The Balaban J connectivity index is 1.47. The number of carbonyl (C=O) groups is 1. The van der Waals surface area contributed by atoms with Crippen molar-refractivity contribution in [1.82, 2.24) is 0 Å². The summed E-state index contributed by atoms with van der Waals surface area (Å²) in [6, 6.07) is 19.7. The molecule has 0 fully saturated rings. The van der Waals surface area contributed by atoms with Gasteiger partial charge in [0.1, 0.15) is 6.54 Å². The largest absolute Gasteiger partial charge is 0.378 e. The predicted molar refractivity (Wildman–Crippen MR) is 154 cm³/mol. The molecule has 2 aromatic carbocycles. The van der Waals surface area contributed by atoms with Gasteiger partial charge in [-0.25, -0.2) is 0 Å². The number of aromatic nitrogens is 1. The first-order valence-electron chi connectivity index (χ1n) is 13.0. The van der Waals surface area contributed by atoms with E-state index < -0.39 is 0 Å². The SMILES string of the molecule is CC(=O)SCCCCCCCCCC[n+]1ccc(C=Cc2ccc(N(C)C)cc2)c2ccccc21. The molecule has 0 unspecified atom stereocenters. The van der Waals surface area contributed by atoms with E-state index in [0.717, 1.165) is 12.3 Å². The lowest BCUT2D eigenvalue weighted by molar-refractivity contribution is -0.671. The summed E-state index contributed by atoms with van der Waals surface area (Å²) in [7, 11) is 4.13. The minimum atomic E-state index is 0.243. The van der Waals surface area contributed by atoms with Gasteiger partial charge in [-0.15, -0.1) is 0 Å². The minimum absolute atomic E-state index is 0.243. The molecule has 3 nitrogen and oxygen atoms in total. The Labute approximate surface area is 216 Å². The van der Waals surface area contributed by atoms with Crippen LogP contribution in [0.2, 0.25) is 0 Å². The van der Waals surface area contributed by atoms with E-state index in [1.165, 1.54) is 90.8 Å². The van der Waals surface area contributed by atoms with Crippen LogP contribution in [0.4, 0.5) is 5.69 Å². The Morgan fingerprint density at radius 1 is 0.829 bits per heavy atom. The molecule has 186 valence electrons. The van der Waals surface area contributed by atoms with Crippen molar-refractivity contribution in [2.75, 3.05) is 24.7 Å². The van der Waals surface area contributed by atoms with Crippen molar-refractivity contribution in [3.8, 4) is 0 Å². The lowest BCUT2D eigenvalue weighted by Gasteiger charge is -2.11. The van der Waals surface area contributed by atoms with Gasteiger partial charge < -0.3 is 4.90 Å². The Hall–Kier alpha value is -2.59. The zero-order valence-corrected chi connectivity index (χ0v) is 22.5. The van der Waals surface area contributed by atoms with E-state index in [0.29, 0.717) is 0 Å². The van der Waals surface area contributed by atoms with E-state index in [2.05, 4.69) is 96.5 Å². The first-order valence-corrected chi connectivity index (χ1v) is 14.0. The molecular weight excluding hydrogens is 448 g/mol. The van der Waals surface area contributed by atoms with E-state index in [-0.39, 0.29) is 5.12 Å². The molecule has 1 heterocycles. The lowest BCUT2D eigenvalue weighted by Crippen LogP contribution is -2.34. The molecule has 0 aliphatic heterocycles. The number of aryl methyl sites for hydroxylation is 1. The maximum Gasteiger partial charge on any atom is 0.213 e. The van der Waals surface area contributed by atoms with Crippen LogP contribution in [0.3, 0.4) is 0 Å². The number of fused-ring (bicyclic) bond motifs is 1. The van der Waals surface area contributed by atoms with E-state index in [4.69, 9.17) is 0 Å². The van der Waals surface area contributed by atoms with Crippen LogP contribution in [-0.2, 0) is 11.3 Å². The van der Waals surface area contributed by atoms with Gasteiger partial charge in [0.2, 0.25) is 5.52 Å². The number of anilines is 1. The van der Waals surface area contributed by atoms with Gasteiger partial charge in [0.25, 0.3) is 0 Å². The summed E-state index contributed by atoms with van der Waals surface area (Å²) in [6.07, 6.45) is 16.9. The highest BCUT2D eigenvalue weighted by atomic mass is 32.2. The third-order valence-corrected chi connectivity index (χ3v) is 7.32. The van der Waals surface area contributed by atoms with Gasteiger partial charge in [0.05, 0.1) is 5.39 Å². The number of nitrogens with zero attached hydrogens (tertiary/aromatic N) is 2. The highest BCUT2D eigenvalue weighted by Gasteiger charge is 2.10. The van der Waals surface area contributed by atoms with Crippen molar-refractivity contribution in [3.05, 3.63) is 71.9 Å². The maximum absolute atomic E-state index is 10.9. The molecule has 0 saturated carbocycles. The van der Waals surface area contributed by atoms with Gasteiger partial charge in [-0.2, -0.15) is 4.57 Å². The number of para-hydroxylation sites is 1. The van der Waals surface area contributed by atoms with E-state index in [1.807, 2.05) is 0 Å². The highest BCUT2D eigenvalue weighted by molar-refractivity contribution is 8.13. The standard InChI is InChI=1S/C31H41N2OS/c1-26(34)35-25-13-9-7-5-4-6-8-12-23-33-24-22-28(30-14-10-11-15-31(30)33)19-16-27-17-20-29(21-18-27)32(2)3/h10-11,14-22,24H,4-9,12-13,23,25H2,1-3H3/q+1. The van der Waals surface area contributed by atoms with E-state index in [1.54, 1.807) is 6.92 Å². The molecule has 0 spiro atoms. The van der Waals surface area contributed by atoms with Gasteiger partial charge in [-0.3, -0.25) is 4.79 Å². The predicted octanol–water partition coefficient (Wildman–Crippen LogP) is 7.76. The van der Waals surface area contributed by atoms with Crippen molar-refractivity contribution in [2.24, 2.45) is 0 Å². The summed E-state index contributed by atoms with van der Waals surface area (Å²) in [5.41, 5.74) is 5.00. The molecule has 4 heteroatoms. The van der Waals surface area contributed by atoms with Crippen LogP contribution < -0.4 is 9.47 Å². The second-order valence-corrected chi connectivity index (χ2v) is 10.7. The Kier molecular flexibility index (Phi) is 11.4. The van der Waals surface area contributed by atoms with Gasteiger partial charge in [-0.05, 0) is 42.2 Å². The first-order chi connectivity index (χ1) is 17.0. The second kappa shape index (κ2) is 14.7. The zero-order valence-electron chi connectivity index (χ0n) is 21.7. The summed E-state index contributed by atoms with van der Waals surface area (Å²) in [5, 5.41) is 1.55. The fourth-order valence-electron chi connectivity index (χ4n) is 4.38. The molecule has 0 radical (unpaired) electrons. The fourth-order valence-corrected chi connectivity index (χ4v) is 5.02. The zero-order chi connectivity index (χ0) is 24.9. The van der Waals surface area contributed by atoms with Crippen LogP contribution in [0, 0.1) is 0 Å². The average molecular weight is 490 g/mol. The van der Waals surface area contributed by atoms with Gasteiger partial charge in [-0.1, -0.05) is 80.3 Å². The number of hydrogen-bond acceptors (Lipinski definition) is 3. The molecule has 1 aromatic heterocycles. The number of unbranched alkanes of at least 4 members (excludes halogenated alkanes) is 7. The molecule has 0 saturated heterocycles. The second-order valence-electron chi connectivity index (χ2n) is 9.47. The van der Waals surface area contributed by atoms with Crippen molar-refractivity contribution < 1.29 is 9.36 Å². The molecular formula is C31H41N2OS+. The quantitative estimate of drug-likeness (QED) is 0.171. The van der Waals surface area contributed by atoms with Crippen LogP contribution in [0.25, 0.3) is 23.1 Å². The summed E-state index contributed by atoms with van der Waals surface area (Å²) in [6.45, 7) is 2.72. The smallest absolute Gasteiger partial charge is 0.213 e. The Morgan fingerprint density at radius 2 is 1.49 bits per heavy atom. The molecule has 0 amide bonds. The number of benzene rings is 2. The number of rotatable bonds is 14. The van der Waals surface area contributed by atoms with Crippen LogP contribution in [0.15, 0.2) is 60.8 Å². The van der Waals surface area contributed by atoms with Crippen LogP contribution in [-0.4, -0.2) is 25.0 Å². The Morgan fingerprint density at radius 3 is 2.17 bits per heavy atom. The van der Waals surface area contributed by atoms with Crippen molar-refractivity contribution in [2.45, 2.75) is 64.8 Å². The average Bonchev–Trinajstić information content (AvgIpc) is 2.86. The molecule has 0 atom stereocenters. The summed E-state index contributed by atoms with van der Waals surface area (Å²) in [5.74, 6) is 0.985. The molecule has 0 aliphatic carbocycles. The lowest BCUT2D eigenvalue weighted by atomic mass is 10.1. The van der Waals surface area contributed by atoms with Gasteiger partial charge in [0, 0.05) is 51.0 Å².